The Bertz CT molecular complexity index is 1190. The van der Waals surface area contributed by atoms with Crippen LogP contribution in [0.5, 0.6) is 5.75 Å². The summed E-state index contributed by atoms with van der Waals surface area (Å²) in [6, 6.07) is 7.05. The molecule has 0 atom stereocenters. The van der Waals surface area contributed by atoms with Gasteiger partial charge in [-0.3, -0.25) is 9.89 Å². The number of benzene rings is 1. The van der Waals surface area contributed by atoms with Crippen molar-refractivity contribution in [2.45, 2.75) is 32.1 Å². The zero-order chi connectivity index (χ0) is 21.6. The molecule has 4 aromatic rings. The van der Waals surface area contributed by atoms with Crippen LogP contribution < -0.4 is 10.1 Å². The lowest BCUT2D eigenvalue weighted by atomic mass is 9.91. The zero-order valence-electron chi connectivity index (χ0n) is 17.2. The highest BCUT2D eigenvalue weighted by molar-refractivity contribution is 6.08. The first-order valence-electron chi connectivity index (χ1n) is 10.3. The molecule has 5 rings (SSSR count). The number of methoxy groups -OCH3 is 1. The highest BCUT2D eigenvalue weighted by atomic mass is 16.5. The van der Waals surface area contributed by atoms with Crippen molar-refractivity contribution in [1.82, 2.24) is 24.8 Å². The van der Waals surface area contributed by atoms with E-state index in [2.05, 4.69) is 25.6 Å². The molecule has 1 aliphatic carbocycles. The molecule has 2 N–H and O–H groups in total. The third-order valence-corrected chi connectivity index (χ3v) is 5.37. The molecular formula is C22H24N6O3. The minimum Gasteiger partial charge on any atom is -0.496 e. The van der Waals surface area contributed by atoms with Gasteiger partial charge in [0.15, 0.2) is 11.5 Å². The molecule has 0 spiro atoms. The molecular weight excluding hydrogens is 396 g/mol. The van der Waals surface area contributed by atoms with Gasteiger partial charge in [0.1, 0.15) is 12.0 Å². The van der Waals surface area contributed by atoms with E-state index in [0.717, 1.165) is 30.0 Å². The van der Waals surface area contributed by atoms with E-state index >= 15 is 0 Å². The van der Waals surface area contributed by atoms with Gasteiger partial charge in [0, 0.05) is 23.6 Å². The van der Waals surface area contributed by atoms with Gasteiger partial charge in [-0.05, 0) is 31.0 Å². The van der Waals surface area contributed by atoms with Crippen molar-refractivity contribution in [2.75, 3.05) is 12.4 Å². The second kappa shape index (κ2) is 9.38. The number of ether oxygens (including phenoxy) is 1. The van der Waals surface area contributed by atoms with Gasteiger partial charge >= 0.3 is 0 Å². The van der Waals surface area contributed by atoms with Crippen molar-refractivity contribution in [2.24, 2.45) is 5.92 Å². The molecule has 3 heterocycles. The normalized spacial score (nSPS) is 14.1. The van der Waals surface area contributed by atoms with E-state index in [9.17, 15) is 9.59 Å². The molecule has 1 amide bonds. The van der Waals surface area contributed by atoms with E-state index in [-0.39, 0.29) is 5.91 Å². The summed E-state index contributed by atoms with van der Waals surface area (Å²) in [6.07, 6.45) is 12.1. The highest BCUT2D eigenvalue weighted by Crippen LogP contribution is 2.25. The van der Waals surface area contributed by atoms with Gasteiger partial charge in [0.05, 0.1) is 30.6 Å². The maximum absolute atomic E-state index is 12.6. The summed E-state index contributed by atoms with van der Waals surface area (Å²) < 4.78 is 6.86. The molecule has 9 heteroatoms. The molecule has 0 saturated heterocycles. The number of hydrogen-bond acceptors (Lipinski definition) is 6. The van der Waals surface area contributed by atoms with Gasteiger partial charge in [-0.2, -0.15) is 14.7 Å². The molecule has 1 aliphatic rings. The Labute approximate surface area is 178 Å². The van der Waals surface area contributed by atoms with Crippen LogP contribution in [0.15, 0.2) is 42.9 Å². The summed E-state index contributed by atoms with van der Waals surface area (Å²) in [7, 11) is 1.52. The van der Waals surface area contributed by atoms with Gasteiger partial charge in [-0.1, -0.05) is 19.3 Å². The molecule has 0 unspecified atom stereocenters. The fraction of sp³-hybridized carbons (Fsp3) is 0.318. The number of imidazole rings is 1. The fourth-order valence-electron chi connectivity index (χ4n) is 3.69. The van der Waals surface area contributed by atoms with Gasteiger partial charge < -0.3 is 14.8 Å². The average Bonchev–Trinajstić information content (AvgIpc) is 3.45. The lowest BCUT2D eigenvalue weighted by Gasteiger charge is -2.14. The minimum absolute atomic E-state index is 0.308. The van der Waals surface area contributed by atoms with E-state index in [0.29, 0.717) is 28.7 Å². The summed E-state index contributed by atoms with van der Waals surface area (Å²) >= 11 is 0. The number of nitrogens with zero attached hydrogens (tertiary/aromatic N) is 4. The van der Waals surface area contributed by atoms with Crippen molar-refractivity contribution in [3.8, 4) is 5.75 Å². The van der Waals surface area contributed by atoms with E-state index < -0.39 is 0 Å². The Hall–Kier alpha value is -3.75. The Morgan fingerprint density at radius 3 is 2.84 bits per heavy atom. The van der Waals surface area contributed by atoms with Crippen LogP contribution in [0, 0.1) is 5.92 Å². The minimum atomic E-state index is -0.308. The topological polar surface area (TPSA) is 114 Å². The number of amides is 1. The summed E-state index contributed by atoms with van der Waals surface area (Å²) in [5.41, 5.74) is 1.86. The van der Waals surface area contributed by atoms with Crippen LogP contribution in [-0.4, -0.2) is 44.1 Å². The predicted molar refractivity (Wildman–Crippen MR) is 116 cm³/mol. The van der Waals surface area contributed by atoms with Crippen LogP contribution in [0.3, 0.4) is 0 Å². The number of H-pyrrole nitrogens is 1. The first-order chi connectivity index (χ1) is 15.2. The number of hydrogen-bond donors (Lipinski definition) is 2. The van der Waals surface area contributed by atoms with Crippen LogP contribution in [0.1, 0.15) is 42.5 Å². The van der Waals surface area contributed by atoms with Crippen LogP contribution in [-0.2, 0) is 4.79 Å². The monoisotopic (exact) mass is 420 g/mol. The van der Waals surface area contributed by atoms with Gasteiger partial charge in [-0.25, -0.2) is 4.98 Å². The van der Waals surface area contributed by atoms with Crippen LogP contribution in [0.4, 0.5) is 5.82 Å². The molecule has 160 valence electrons. The highest BCUT2D eigenvalue weighted by Gasteiger charge is 2.16. The summed E-state index contributed by atoms with van der Waals surface area (Å²) in [5, 5.41) is 14.6. The number of carbonyl (C=O) groups is 2. The molecule has 1 aromatic carbocycles. The summed E-state index contributed by atoms with van der Waals surface area (Å²) in [4.78, 5) is 27.0. The first-order valence-corrected chi connectivity index (χ1v) is 10.3. The maximum atomic E-state index is 12.6. The lowest BCUT2D eigenvalue weighted by molar-refractivity contribution is -0.111. The second-order valence-corrected chi connectivity index (χ2v) is 7.44. The SMILES string of the molecule is COc1cc2[nH]ncc2cc1C(=O)Nc1cnc2cccnn12.O=CC1CCCCC1. The lowest BCUT2D eigenvalue weighted by Crippen LogP contribution is -2.15. The first kappa shape index (κ1) is 20.5. The smallest absolute Gasteiger partial charge is 0.260 e. The van der Waals surface area contributed by atoms with Crippen molar-refractivity contribution in [1.29, 1.82) is 0 Å². The van der Waals surface area contributed by atoms with Gasteiger partial charge in [0.25, 0.3) is 5.91 Å². The average molecular weight is 420 g/mol. The van der Waals surface area contributed by atoms with Crippen LogP contribution in [0.25, 0.3) is 16.6 Å². The number of rotatable bonds is 4. The van der Waals surface area contributed by atoms with E-state index in [1.165, 1.54) is 26.4 Å². The largest absolute Gasteiger partial charge is 0.496 e. The van der Waals surface area contributed by atoms with Crippen molar-refractivity contribution in [3.63, 3.8) is 0 Å². The zero-order valence-corrected chi connectivity index (χ0v) is 17.2. The van der Waals surface area contributed by atoms with Gasteiger partial charge in [-0.15, -0.1) is 0 Å². The Morgan fingerprint density at radius 2 is 2.10 bits per heavy atom. The van der Waals surface area contributed by atoms with Crippen molar-refractivity contribution < 1.29 is 14.3 Å². The number of carbonyl (C=O) groups excluding carboxylic acids is 2. The van der Waals surface area contributed by atoms with Gasteiger partial charge in [0.2, 0.25) is 0 Å². The predicted octanol–water partition coefficient (Wildman–Crippen LogP) is 3.63. The Kier molecular flexibility index (Phi) is 6.21. The number of fused-ring (bicyclic) bond motifs is 2. The molecule has 0 bridgehead atoms. The van der Waals surface area contributed by atoms with E-state index in [1.807, 2.05) is 0 Å². The van der Waals surface area contributed by atoms with E-state index in [4.69, 9.17) is 4.74 Å². The maximum Gasteiger partial charge on any atom is 0.260 e. The molecule has 31 heavy (non-hydrogen) atoms. The van der Waals surface area contributed by atoms with Crippen LogP contribution in [0.2, 0.25) is 0 Å². The number of aldehydes is 1. The molecule has 0 radical (unpaired) electrons. The molecule has 9 nitrogen and oxygen atoms in total. The standard InChI is InChI=1S/C15H12N6O2.C7H12O/c1-23-12-6-11-9(7-17-20-11)5-10(12)15(22)19-14-8-16-13-3-2-4-18-21(13)14;8-6-7-4-2-1-3-5-7/h2-8H,1H3,(H,17,20)(H,19,22);6-7H,1-5H2. The number of aromatic amines is 1. The molecule has 0 aliphatic heterocycles. The Balaban J connectivity index is 0.000000245. The molecule has 1 fully saturated rings. The molecule has 1 saturated carbocycles. The molecule has 3 aromatic heterocycles. The van der Waals surface area contributed by atoms with Crippen molar-refractivity contribution in [3.05, 3.63) is 48.4 Å². The number of anilines is 1. The Morgan fingerprint density at radius 1 is 1.26 bits per heavy atom. The van der Waals surface area contributed by atoms with E-state index in [1.54, 1.807) is 47.4 Å². The summed E-state index contributed by atoms with van der Waals surface area (Å²) in [6.45, 7) is 0. The second-order valence-electron chi connectivity index (χ2n) is 7.44. The fourth-order valence-corrected chi connectivity index (χ4v) is 3.69. The van der Waals surface area contributed by atoms with Crippen molar-refractivity contribution >= 4 is 34.6 Å². The third-order valence-electron chi connectivity index (χ3n) is 5.37. The number of nitrogens with one attached hydrogen (secondary N) is 2. The number of aromatic nitrogens is 5. The summed E-state index contributed by atoms with van der Waals surface area (Å²) in [5.74, 6) is 1.04. The van der Waals surface area contributed by atoms with Crippen LogP contribution >= 0.6 is 0 Å². The quantitative estimate of drug-likeness (QED) is 0.487. The third kappa shape index (κ3) is 4.55.